The monoisotopic (exact) mass is 1100 g/mol. The van der Waals surface area contributed by atoms with Gasteiger partial charge >= 0.3 is 30.3 Å². The summed E-state index contributed by atoms with van der Waals surface area (Å²) in [5.74, 6) is -4.35. The van der Waals surface area contributed by atoms with E-state index in [0.29, 0.717) is 53.9 Å². The minimum Gasteiger partial charge on any atom is -0.475 e. The summed E-state index contributed by atoms with van der Waals surface area (Å²) in [7, 11) is -7.69. The highest BCUT2D eigenvalue weighted by Gasteiger charge is 2.51. The predicted molar refractivity (Wildman–Crippen MR) is 251 cm³/mol. The molecule has 0 radical (unpaired) electrons. The molecule has 0 saturated carbocycles. The SMILES string of the molecule is CC(C)(C)OC(=O)NCCCC1(CS(=O)(=O)N2CCC(Oc3ccc(Cl)cn3)CC2)NC(=O)NC1=O.NCCCC1(CS(=O)(=O)N2CCC(Oc3ccc(Cl)cn3)CC2)NC(=O)NC1=O.O=C(O)C(F)(F)F. The number of carbonyl (C=O) groups excluding carboxylic acids is 5. The molecule has 7 amide bonds. The number of ether oxygens (including phenoxy) is 3. The first-order chi connectivity index (χ1) is 33.5. The number of hydrogen-bond acceptors (Lipinski definition) is 16. The highest BCUT2D eigenvalue weighted by Crippen LogP contribution is 2.28. The first kappa shape index (κ1) is 59.2. The lowest BCUT2D eigenvalue weighted by Crippen LogP contribution is -2.56. The predicted octanol–water partition coefficient (Wildman–Crippen LogP) is 2.65. The number of nitrogens with one attached hydrogen (secondary N) is 5. The number of imide groups is 2. The Kier molecular flexibility index (Phi) is 20.6. The van der Waals surface area contributed by atoms with Crippen molar-refractivity contribution in [1.29, 1.82) is 0 Å². The van der Waals surface area contributed by atoms with Crippen molar-refractivity contribution in [1.82, 2.24) is 45.2 Å². The van der Waals surface area contributed by atoms with Crippen molar-refractivity contribution in [3.05, 3.63) is 46.7 Å². The Hall–Kier alpha value is -5.33. The number of nitrogens with zero attached hydrogens (tertiary/aromatic N) is 4. The largest absolute Gasteiger partial charge is 0.490 e. The van der Waals surface area contributed by atoms with Crippen molar-refractivity contribution in [2.24, 2.45) is 5.73 Å². The number of urea groups is 2. The maximum Gasteiger partial charge on any atom is 0.490 e. The number of piperidine rings is 2. The summed E-state index contributed by atoms with van der Waals surface area (Å²) in [5, 5.41) is 19.9. The maximum absolute atomic E-state index is 13.2. The highest BCUT2D eigenvalue weighted by molar-refractivity contribution is 7.89. The molecule has 0 spiro atoms. The molecule has 31 heteroatoms. The zero-order valence-corrected chi connectivity index (χ0v) is 42.4. The highest BCUT2D eigenvalue weighted by atomic mass is 35.5. The van der Waals surface area contributed by atoms with Crippen molar-refractivity contribution < 1.29 is 78.1 Å². The van der Waals surface area contributed by atoms with Crippen LogP contribution in [0.25, 0.3) is 0 Å². The number of aliphatic carboxylic acids is 1. The third-order valence-corrected chi connectivity index (χ3v) is 15.4. The lowest BCUT2D eigenvalue weighted by Gasteiger charge is -2.34. The molecule has 0 bridgehead atoms. The van der Waals surface area contributed by atoms with Crippen LogP contribution in [0.15, 0.2) is 36.7 Å². The van der Waals surface area contributed by atoms with Gasteiger partial charge in [0.15, 0.2) is 0 Å². The van der Waals surface area contributed by atoms with Crippen LogP contribution in [0.1, 0.15) is 72.1 Å². The molecule has 0 aromatic carbocycles. The summed E-state index contributed by atoms with van der Waals surface area (Å²) < 4.78 is 104. The molecule has 0 aliphatic carbocycles. The quantitative estimate of drug-likeness (QED) is 0.0884. The molecule has 402 valence electrons. The van der Waals surface area contributed by atoms with E-state index in [4.69, 9.17) is 53.0 Å². The minimum atomic E-state index is -5.08. The molecule has 2 aromatic heterocycles. The number of halogens is 5. The number of carbonyl (C=O) groups is 6. The Morgan fingerprint density at radius 2 is 1.15 bits per heavy atom. The summed E-state index contributed by atoms with van der Waals surface area (Å²) >= 11 is 11.6. The number of carboxylic acids is 1. The molecule has 6 rings (SSSR count). The Morgan fingerprint density at radius 3 is 1.46 bits per heavy atom. The number of rotatable bonds is 17. The van der Waals surface area contributed by atoms with E-state index in [0.717, 1.165) is 0 Å². The molecule has 4 saturated heterocycles. The summed E-state index contributed by atoms with van der Waals surface area (Å²) in [6.07, 6.45) is -0.466. The number of pyridine rings is 2. The molecule has 2 atom stereocenters. The van der Waals surface area contributed by atoms with Gasteiger partial charge in [-0.3, -0.25) is 20.2 Å². The van der Waals surface area contributed by atoms with Gasteiger partial charge in [-0.05, 0) is 90.8 Å². The van der Waals surface area contributed by atoms with E-state index in [-0.39, 0.29) is 70.7 Å². The van der Waals surface area contributed by atoms with Crippen molar-refractivity contribution in [3.8, 4) is 11.8 Å². The van der Waals surface area contributed by atoms with Gasteiger partial charge < -0.3 is 41.0 Å². The first-order valence-corrected chi connectivity index (χ1v) is 26.2. The normalized spacial score (nSPS) is 21.4. The van der Waals surface area contributed by atoms with Crippen LogP contribution >= 0.6 is 23.2 Å². The van der Waals surface area contributed by atoms with Gasteiger partial charge in [0.1, 0.15) is 28.9 Å². The van der Waals surface area contributed by atoms with Gasteiger partial charge in [-0.25, -0.2) is 54.6 Å². The van der Waals surface area contributed by atoms with Gasteiger partial charge in [0.25, 0.3) is 11.8 Å². The molecule has 2 unspecified atom stereocenters. The molecule has 4 fully saturated rings. The lowest BCUT2D eigenvalue weighted by atomic mass is 9.96. The van der Waals surface area contributed by atoms with Crippen LogP contribution in [-0.2, 0) is 39.2 Å². The molecule has 24 nitrogen and oxygen atoms in total. The third-order valence-electron chi connectivity index (χ3n) is 10.9. The van der Waals surface area contributed by atoms with E-state index in [2.05, 4.69) is 36.6 Å². The van der Waals surface area contributed by atoms with E-state index in [9.17, 15) is 54.0 Å². The number of hydrogen-bond donors (Lipinski definition) is 7. The standard InChI is InChI=1S/C22H32ClN5O7S.C17H24ClN5O5S.C2HF3O2/c1-21(2,3)35-20(31)24-10-4-9-22(18(29)26-19(30)27-22)14-36(32,33)28-11-7-16(8-12-28)34-17-6-5-15(23)13-25-17;18-12-2-3-14(20-10-12)28-13-4-8-23(9-5-13)29(26,27)11-17(6-1-7-19)15(24)21-16(25)22-17;3-2(4,5)1(6)7/h5-6,13,16H,4,7-12,14H2,1-3H3,(H,24,31)(H2,26,27,29,30);2-3,10,13H,1,4-9,11,19H2,(H2,21,22,24,25);(H,6,7). The molecule has 4 aliphatic rings. The second-order valence-electron chi connectivity index (χ2n) is 17.8. The Bertz CT molecular complexity index is 2460. The van der Waals surface area contributed by atoms with Crippen LogP contribution in [0.3, 0.4) is 0 Å². The van der Waals surface area contributed by atoms with Crippen LogP contribution in [0.5, 0.6) is 11.8 Å². The number of alkyl carbamates (subject to hydrolysis) is 1. The Morgan fingerprint density at radius 1 is 0.764 bits per heavy atom. The first-order valence-electron chi connectivity index (χ1n) is 22.2. The second kappa shape index (κ2) is 25.1. The van der Waals surface area contributed by atoms with Crippen LogP contribution < -0.4 is 41.8 Å². The van der Waals surface area contributed by atoms with Gasteiger partial charge in [-0.2, -0.15) is 13.2 Å². The third kappa shape index (κ3) is 18.0. The van der Waals surface area contributed by atoms with E-state index in [1.807, 2.05) is 0 Å². The number of carboxylic acid groups (broad SMARTS) is 1. The molecule has 6 heterocycles. The van der Waals surface area contributed by atoms with Crippen LogP contribution in [0, 0.1) is 0 Å². The summed E-state index contributed by atoms with van der Waals surface area (Å²) in [6.45, 7) is 6.52. The van der Waals surface area contributed by atoms with Crippen molar-refractivity contribution in [3.63, 3.8) is 0 Å². The average molecular weight is 1110 g/mol. The number of alkyl halides is 3. The van der Waals surface area contributed by atoms with E-state index < -0.39 is 90.3 Å². The molecule has 8 N–H and O–H groups in total. The summed E-state index contributed by atoms with van der Waals surface area (Å²) in [6, 6.07) is 5.20. The summed E-state index contributed by atoms with van der Waals surface area (Å²) in [5.41, 5.74) is 1.72. The topological polar surface area (TPSA) is 337 Å². The zero-order valence-electron chi connectivity index (χ0n) is 39.3. The number of amides is 7. The van der Waals surface area contributed by atoms with Crippen LogP contribution in [0.4, 0.5) is 27.6 Å². The van der Waals surface area contributed by atoms with Crippen molar-refractivity contribution in [2.75, 3.05) is 50.8 Å². The van der Waals surface area contributed by atoms with Gasteiger partial charge in [0.2, 0.25) is 31.8 Å². The fraction of sp³-hybridized carbons (Fsp3) is 0.610. The molecular weight excluding hydrogens is 1050 g/mol. The van der Waals surface area contributed by atoms with Crippen LogP contribution in [0.2, 0.25) is 10.0 Å². The fourth-order valence-corrected chi connectivity index (χ4v) is 11.6. The average Bonchev–Trinajstić information content (AvgIpc) is 3.72. The maximum atomic E-state index is 13.2. The van der Waals surface area contributed by atoms with Crippen LogP contribution in [-0.4, -0.2) is 162 Å². The second-order valence-corrected chi connectivity index (χ2v) is 22.6. The minimum absolute atomic E-state index is 0.0153. The molecular formula is C41H57Cl2F3N10O14S2. The molecule has 72 heavy (non-hydrogen) atoms. The smallest absolute Gasteiger partial charge is 0.475 e. The van der Waals surface area contributed by atoms with Crippen molar-refractivity contribution >= 4 is 79.2 Å². The van der Waals surface area contributed by atoms with Gasteiger partial charge in [0, 0.05) is 57.3 Å². The zero-order chi connectivity index (χ0) is 53.7. The van der Waals surface area contributed by atoms with E-state index >= 15 is 0 Å². The van der Waals surface area contributed by atoms with E-state index in [1.54, 1.807) is 45.0 Å². The molecule has 4 aliphatic heterocycles. The molecule has 2 aromatic rings. The summed E-state index contributed by atoms with van der Waals surface area (Å²) in [4.78, 5) is 77.4. The van der Waals surface area contributed by atoms with Crippen molar-refractivity contribution in [2.45, 2.75) is 107 Å². The van der Waals surface area contributed by atoms with Gasteiger partial charge in [-0.1, -0.05) is 23.2 Å². The number of nitrogens with two attached hydrogens (primary N) is 1. The van der Waals surface area contributed by atoms with Gasteiger partial charge in [0.05, 0.1) is 21.6 Å². The number of sulfonamides is 2. The fourth-order valence-electron chi connectivity index (χ4n) is 7.52. The number of aromatic nitrogens is 2. The van der Waals surface area contributed by atoms with Gasteiger partial charge in [-0.15, -0.1) is 0 Å². The lowest BCUT2D eigenvalue weighted by molar-refractivity contribution is -0.192. The Balaban J connectivity index is 0.000000280. The Labute approximate surface area is 423 Å². The van der Waals surface area contributed by atoms with E-state index in [1.165, 1.54) is 21.0 Å².